The molecule has 21 heavy (non-hydrogen) atoms. The highest BCUT2D eigenvalue weighted by Gasteiger charge is 2.46. The van der Waals surface area contributed by atoms with Crippen molar-refractivity contribution in [2.45, 2.75) is 18.4 Å². The van der Waals surface area contributed by atoms with Crippen molar-refractivity contribution in [3.63, 3.8) is 0 Å². The highest BCUT2D eigenvalue weighted by Crippen LogP contribution is 2.38. The fourth-order valence-electron chi connectivity index (χ4n) is 2.57. The molecule has 0 bridgehead atoms. The summed E-state index contributed by atoms with van der Waals surface area (Å²) in [6, 6.07) is 4.42. The maximum absolute atomic E-state index is 12.1. The summed E-state index contributed by atoms with van der Waals surface area (Å²) < 4.78 is 4.61. The van der Waals surface area contributed by atoms with Crippen LogP contribution in [0.1, 0.15) is 23.2 Å². The van der Waals surface area contributed by atoms with Crippen molar-refractivity contribution >= 4 is 23.3 Å². The molecule has 1 aromatic carbocycles. The molecule has 1 fully saturated rings. The van der Waals surface area contributed by atoms with Crippen LogP contribution in [0.15, 0.2) is 18.2 Å². The van der Waals surface area contributed by atoms with E-state index in [1.165, 1.54) is 30.2 Å². The van der Waals surface area contributed by atoms with Crippen LogP contribution in [0, 0.1) is 0 Å². The van der Waals surface area contributed by atoms with E-state index < -0.39 is 11.5 Å². The van der Waals surface area contributed by atoms with Gasteiger partial charge in [0.1, 0.15) is 0 Å². The number of nitrogens with two attached hydrogens (primary N) is 1. The standard InChI is InChI=1S/C14H18N2O5/c1-21-13(20)9-2-3-11(10(15)6-9)16-12(19)4-5-14(16,7-17)8-18/h2-3,6,17-18H,4-5,7-8,15H2,1H3. The molecule has 1 aliphatic heterocycles. The highest BCUT2D eigenvalue weighted by atomic mass is 16.5. The first-order chi connectivity index (χ1) is 9.99. The van der Waals surface area contributed by atoms with E-state index in [-0.39, 0.29) is 36.8 Å². The van der Waals surface area contributed by atoms with E-state index in [4.69, 9.17) is 5.73 Å². The average Bonchev–Trinajstić information content (AvgIpc) is 2.83. The van der Waals surface area contributed by atoms with Gasteiger partial charge < -0.3 is 20.7 Å². The summed E-state index contributed by atoms with van der Waals surface area (Å²) in [5.74, 6) is -0.757. The van der Waals surface area contributed by atoms with Crippen molar-refractivity contribution < 1.29 is 24.5 Å². The van der Waals surface area contributed by atoms with Gasteiger partial charge in [0.2, 0.25) is 5.91 Å². The van der Waals surface area contributed by atoms with Crippen molar-refractivity contribution in [2.24, 2.45) is 0 Å². The smallest absolute Gasteiger partial charge is 0.337 e. The summed E-state index contributed by atoms with van der Waals surface area (Å²) >= 11 is 0. The molecule has 0 aliphatic carbocycles. The normalized spacial score (nSPS) is 17.1. The van der Waals surface area contributed by atoms with Gasteiger partial charge in [-0.1, -0.05) is 0 Å². The first-order valence-corrected chi connectivity index (χ1v) is 6.51. The van der Waals surface area contributed by atoms with Crippen LogP contribution in [0.3, 0.4) is 0 Å². The van der Waals surface area contributed by atoms with Crippen LogP contribution in [-0.4, -0.2) is 48.0 Å². The first-order valence-electron chi connectivity index (χ1n) is 6.51. The van der Waals surface area contributed by atoms with E-state index in [0.717, 1.165) is 0 Å². The number of nitrogens with zero attached hydrogens (tertiary/aromatic N) is 1. The molecule has 1 amide bonds. The maximum atomic E-state index is 12.1. The molecule has 0 atom stereocenters. The molecule has 2 rings (SSSR count). The Balaban J connectivity index is 2.45. The molecule has 1 saturated heterocycles. The van der Waals surface area contributed by atoms with Crippen molar-refractivity contribution in [3.8, 4) is 0 Å². The SMILES string of the molecule is COC(=O)c1ccc(N2C(=O)CCC2(CO)CO)c(N)c1. The Labute approximate surface area is 121 Å². The minimum absolute atomic E-state index is 0.208. The van der Waals surface area contributed by atoms with Crippen LogP contribution in [0.4, 0.5) is 11.4 Å². The van der Waals surface area contributed by atoms with Crippen molar-refractivity contribution in [1.29, 1.82) is 0 Å². The Morgan fingerprint density at radius 1 is 1.43 bits per heavy atom. The van der Waals surface area contributed by atoms with Gasteiger partial charge in [-0.05, 0) is 24.6 Å². The number of hydrogen-bond donors (Lipinski definition) is 3. The third kappa shape index (κ3) is 2.45. The zero-order chi connectivity index (χ0) is 15.6. The van der Waals surface area contributed by atoms with Gasteiger partial charge in [-0.25, -0.2) is 4.79 Å². The fourth-order valence-corrected chi connectivity index (χ4v) is 2.57. The molecule has 0 aromatic heterocycles. The number of carbonyl (C=O) groups is 2. The lowest BCUT2D eigenvalue weighted by Gasteiger charge is -2.36. The lowest BCUT2D eigenvalue weighted by molar-refractivity contribution is -0.117. The van der Waals surface area contributed by atoms with Gasteiger partial charge >= 0.3 is 5.97 Å². The zero-order valence-electron chi connectivity index (χ0n) is 11.7. The zero-order valence-corrected chi connectivity index (χ0v) is 11.7. The second-order valence-corrected chi connectivity index (χ2v) is 5.03. The number of esters is 1. The van der Waals surface area contributed by atoms with Gasteiger partial charge in [0, 0.05) is 6.42 Å². The van der Waals surface area contributed by atoms with Crippen LogP contribution >= 0.6 is 0 Å². The molecule has 7 heteroatoms. The number of ether oxygens (including phenoxy) is 1. The topological polar surface area (TPSA) is 113 Å². The summed E-state index contributed by atoms with van der Waals surface area (Å²) in [5.41, 5.74) is 5.71. The molecule has 7 nitrogen and oxygen atoms in total. The van der Waals surface area contributed by atoms with E-state index in [9.17, 15) is 19.8 Å². The Morgan fingerprint density at radius 2 is 2.10 bits per heavy atom. The molecule has 1 aromatic rings. The van der Waals surface area contributed by atoms with E-state index in [0.29, 0.717) is 12.1 Å². The number of nitrogen functional groups attached to an aromatic ring is 1. The quantitative estimate of drug-likeness (QED) is 0.528. The Hall–Kier alpha value is -2.12. The van der Waals surface area contributed by atoms with E-state index in [1.807, 2.05) is 0 Å². The molecule has 1 heterocycles. The number of hydrogen-bond acceptors (Lipinski definition) is 6. The Bertz CT molecular complexity index is 568. The lowest BCUT2D eigenvalue weighted by Crippen LogP contribution is -2.52. The monoisotopic (exact) mass is 294 g/mol. The van der Waals surface area contributed by atoms with E-state index in [1.54, 1.807) is 0 Å². The van der Waals surface area contributed by atoms with Gasteiger partial charge in [0.15, 0.2) is 0 Å². The number of aliphatic hydroxyl groups is 2. The number of amides is 1. The largest absolute Gasteiger partial charge is 0.465 e. The van der Waals surface area contributed by atoms with Gasteiger partial charge in [0.05, 0.1) is 42.8 Å². The third-order valence-electron chi connectivity index (χ3n) is 3.81. The molecular formula is C14H18N2O5. The average molecular weight is 294 g/mol. The molecule has 4 N–H and O–H groups in total. The second-order valence-electron chi connectivity index (χ2n) is 5.03. The molecule has 0 spiro atoms. The summed E-state index contributed by atoms with van der Waals surface area (Å²) in [4.78, 5) is 24.9. The second kappa shape index (κ2) is 5.71. The number of benzene rings is 1. The predicted molar refractivity (Wildman–Crippen MR) is 75.8 cm³/mol. The molecular weight excluding hydrogens is 276 g/mol. The van der Waals surface area contributed by atoms with Crippen molar-refractivity contribution in [3.05, 3.63) is 23.8 Å². The maximum Gasteiger partial charge on any atom is 0.337 e. The van der Waals surface area contributed by atoms with Crippen LogP contribution in [0.5, 0.6) is 0 Å². The number of rotatable bonds is 4. The van der Waals surface area contributed by atoms with Gasteiger partial charge in [-0.3, -0.25) is 9.69 Å². The first kappa shape index (κ1) is 15.3. The van der Waals surface area contributed by atoms with E-state index >= 15 is 0 Å². The molecule has 0 saturated carbocycles. The number of carbonyl (C=O) groups excluding carboxylic acids is 2. The molecule has 0 radical (unpaired) electrons. The van der Waals surface area contributed by atoms with Crippen LogP contribution in [0.25, 0.3) is 0 Å². The number of anilines is 2. The van der Waals surface area contributed by atoms with Crippen LogP contribution < -0.4 is 10.6 Å². The third-order valence-corrected chi connectivity index (χ3v) is 3.81. The number of methoxy groups -OCH3 is 1. The van der Waals surface area contributed by atoms with Crippen LogP contribution in [-0.2, 0) is 9.53 Å². The summed E-state index contributed by atoms with van der Waals surface area (Å²) in [6.45, 7) is -0.735. The lowest BCUT2D eigenvalue weighted by atomic mass is 9.97. The molecule has 0 unspecified atom stereocenters. The van der Waals surface area contributed by atoms with Crippen molar-refractivity contribution in [1.82, 2.24) is 0 Å². The highest BCUT2D eigenvalue weighted by molar-refractivity contribution is 6.01. The van der Waals surface area contributed by atoms with Gasteiger partial charge in [0.25, 0.3) is 0 Å². The molecule has 1 aliphatic rings. The fraction of sp³-hybridized carbons (Fsp3) is 0.429. The Kier molecular flexibility index (Phi) is 4.15. The summed E-state index contributed by atoms with van der Waals surface area (Å²) in [7, 11) is 1.26. The van der Waals surface area contributed by atoms with Gasteiger partial charge in [-0.15, -0.1) is 0 Å². The molecule has 114 valence electrons. The van der Waals surface area contributed by atoms with Crippen molar-refractivity contribution in [2.75, 3.05) is 31.0 Å². The van der Waals surface area contributed by atoms with Crippen LogP contribution in [0.2, 0.25) is 0 Å². The van der Waals surface area contributed by atoms with E-state index in [2.05, 4.69) is 4.74 Å². The minimum Gasteiger partial charge on any atom is -0.465 e. The summed E-state index contributed by atoms with van der Waals surface area (Å²) in [5, 5.41) is 19.1. The predicted octanol–water partition coefficient (Wildman–Crippen LogP) is -0.0944. The Morgan fingerprint density at radius 3 is 2.62 bits per heavy atom. The van der Waals surface area contributed by atoms with Gasteiger partial charge in [-0.2, -0.15) is 0 Å². The summed E-state index contributed by atoms with van der Waals surface area (Å²) in [6.07, 6.45) is 0.566. The number of aliphatic hydroxyl groups excluding tert-OH is 2. The minimum atomic E-state index is -1.06.